The van der Waals surface area contributed by atoms with E-state index in [9.17, 15) is 14.4 Å². The van der Waals surface area contributed by atoms with Crippen molar-refractivity contribution in [1.29, 1.82) is 0 Å². The molecule has 6 nitrogen and oxygen atoms in total. The Kier molecular flexibility index (Phi) is 5.20. The molecule has 0 radical (unpaired) electrons. The third-order valence-corrected chi connectivity index (χ3v) is 5.90. The average molecular weight is 384 g/mol. The van der Waals surface area contributed by atoms with E-state index in [0.717, 1.165) is 24.6 Å². The molecule has 2 bridgehead atoms. The summed E-state index contributed by atoms with van der Waals surface area (Å²) >= 11 is 0. The maximum Gasteiger partial charge on any atom is 0.374 e. The van der Waals surface area contributed by atoms with E-state index in [-0.39, 0.29) is 42.7 Å². The van der Waals surface area contributed by atoms with E-state index in [0.29, 0.717) is 29.8 Å². The first-order chi connectivity index (χ1) is 13.6. The number of carbonyl (C=O) groups is 3. The van der Waals surface area contributed by atoms with Gasteiger partial charge in [-0.05, 0) is 38.7 Å². The maximum absolute atomic E-state index is 12.7. The van der Waals surface area contributed by atoms with Gasteiger partial charge in [-0.3, -0.25) is 9.59 Å². The summed E-state index contributed by atoms with van der Waals surface area (Å²) in [4.78, 5) is 37.2. The predicted molar refractivity (Wildman–Crippen MR) is 101 cm³/mol. The number of furan rings is 1. The van der Waals surface area contributed by atoms with E-state index in [1.807, 2.05) is 18.2 Å². The Morgan fingerprint density at radius 2 is 1.82 bits per heavy atom. The van der Waals surface area contributed by atoms with Crippen LogP contribution in [0.5, 0.6) is 0 Å². The molecule has 2 aliphatic carbocycles. The first-order valence-corrected chi connectivity index (χ1v) is 9.96. The van der Waals surface area contributed by atoms with Crippen LogP contribution in [0.1, 0.15) is 55.1 Å². The third kappa shape index (κ3) is 3.43. The van der Waals surface area contributed by atoms with Gasteiger partial charge in [0.25, 0.3) is 0 Å². The minimum absolute atomic E-state index is 0.00472. The highest BCUT2D eigenvalue weighted by Crippen LogP contribution is 2.40. The molecule has 1 heterocycles. The lowest BCUT2D eigenvalue weighted by Crippen LogP contribution is -2.39. The molecule has 4 rings (SSSR count). The third-order valence-electron chi connectivity index (χ3n) is 5.90. The van der Waals surface area contributed by atoms with Crippen LogP contribution >= 0.6 is 0 Å². The number of rotatable bonds is 5. The number of benzene rings is 1. The second-order valence-corrected chi connectivity index (χ2v) is 7.63. The minimum atomic E-state index is -0.567. The SMILES string of the molecule is CCOC(=O)c1oc2ccccc2c1COC(=O)C1C[C@H]2CCC[C@@H](C1)C2=O. The van der Waals surface area contributed by atoms with E-state index < -0.39 is 5.97 Å². The molecule has 1 aromatic carbocycles. The van der Waals surface area contributed by atoms with E-state index in [4.69, 9.17) is 13.9 Å². The molecular formula is C22H24O6. The van der Waals surface area contributed by atoms with Crippen molar-refractivity contribution < 1.29 is 28.3 Å². The van der Waals surface area contributed by atoms with Crippen molar-refractivity contribution in [3.63, 3.8) is 0 Å². The number of para-hydroxylation sites is 1. The van der Waals surface area contributed by atoms with Gasteiger partial charge in [-0.2, -0.15) is 0 Å². The predicted octanol–water partition coefficient (Wildman–Crippen LogP) is 4.05. The van der Waals surface area contributed by atoms with Crippen molar-refractivity contribution in [3.8, 4) is 0 Å². The van der Waals surface area contributed by atoms with Crippen LogP contribution < -0.4 is 0 Å². The summed E-state index contributed by atoms with van der Waals surface area (Å²) in [5.41, 5.74) is 1.07. The summed E-state index contributed by atoms with van der Waals surface area (Å²) in [6.45, 7) is 1.90. The van der Waals surface area contributed by atoms with Gasteiger partial charge in [0.2, 0.25) is 5.76 Å². The van der Waals surface area contributed by atoms with E-state index in [2.05, 4.69) is 0 Å². The first-order valence-electron chi connectivity index (χ1n) is 9.96. The van der Waals surface area contributed by atoms with Crippen molar-refractivity contribution in [1.82, 2.24) is 0 Å². The number of esters is 2. The summed E-state index contributed by atoms with van der Waals surface area (Å²) in [5, 5.41) is 0.731. The van der Waals surface area contributed by atoms with Crippen LogP contribution in [0.3, 0.4) is 0 Å². The summed E-state index contributed by atoms with van der Waals surface area (Å²) in [7, 11) is 0. The highest BCUT2D eigenvalue weighted by Gasteiger charge is 2.42. The minimum Gasteiger partial charge on any atom is -0.460 e. The molecule has 2 fully saturated rings. The molecule has 0 aliphatic heterocycles. The number of ketones is 1. The number of hydrogen-bond acceptors (Lipinski definition) is 6. The lowest BCUT2D eigenvalue weighted by Gasteiger charge is -2.36. The molecule has 1 unspecified atom stereocenters. The zero-order valence-corrected chi connectivity index (χ0v) is 15.9. The lowest BCUT2D eigenvalue weighted by molar-refractivity contribution is -0.154. The second-order valence-electron chi connectivity index (χ2n) is 7.63. The normalized spacial score (nSPS) is 24.2. The molecular weight excluding hydrogens is 360 g/mol. The van der Waals surface area contributed by atoms with Gasteiger partial charge in [-0.25, -0.2) is 4.79 Å². The van der Waals surface area contributed by atoms with Gasteiger partial charge in [-0.15, -0.1) is 0 Å². The Hall–Kier alpha value is -2.63. The summed E-state index contributed by atoms with van der Waals surface area (Å²) < 4.78 is 16.3. The van der Waals surface area contributed by atoms with Gasteiger partial charge in [-0.1, -0.05) is 24.6 Å². The van der Waals surface area contributed by atoms with Crippen LogP contribution in [-0.4, -0.2) is 24.3 Å². The Morgan fingerprint density at radius 3 is 2.54 bits per heavy atom. The van der Waals surface area contributed by atoms with Crippen LogP contribution in [0.15, 0.2) is 28.7 Å². The van der Waals surface area contributed by atoms with Crippen LogP contribution in [0.4, 0.5) is 0 Å². The van der Waals surface area contributed by atoms with Crippen molar-refractivity contribution in [2.75, 3.05) is 6.61 Å². The molecule has 0 saturated heterocycles. The Morgan fingerprint density at radius 1 is 1.11 bits per heavy atom. The van der Waals surface area contributed by atoms with Crippen molar-refractivity contribution in [3.05, 3.63) is 35.6 Å². The highest BCUT2D eigenvalue weighted by molar-refractivity contribution is 5.96. The van der Waals surface area contributed by atoms with Crippen LogP contribution in [-0.2, 0) is 25.7 Å². The molecule has 1 aromatic heterocycles. The zero-order chi connectivity index (χ0) is 19.7. The number of Topliss-reactive ketones (excluding diaryl/α,β-unsaturated/α-hetero) is 1. The fourth-order valence-corrected chi connectivity index (χ4v) is 4.54. The van der Waals surface area contributed by atoms with Gasteiger partial charge in [0.05, 0.1) is 18.1 Å². The fourth-order valence-electron chi connectivity index (χ4n) is 4.54. The Bertz CT molecular complexity index is 895. The number of fused-ring (bicyclic) bond motifs is 3. The fraction of sp³-hybridized carbons (Fsp3) is 0.500. The van der Waals surface area contributed by atoms with Gasteiger partial charge < -0.3 is 13.9 Å². The standard InChI is InChI=1S/C22H24O6/c1-2-26-22(25)20-17(16-8-3-4-9-18(16)28-20)12-27-21(24)15-10-13-6-5-7-14(11-15)19(13)23/h3-4,8-9,13-15H,2,5-7,10-12H2,1H3/t13-,14+,15?. The Labute approximate surface area is 163 Å². The number of ether oxygens (including phenoxy) is 2. The van der Waals surface area contributed by atoms with Crippen molar-refractivity contribution in [2.45, 2.75) is 45.6 Å². The maximum atomic E-state index is 12.7. The monoisotopic (exact) mass is 384 g/mol. The molecule has 148 valence electrons. The molecule has 2 saturated carbocycles. The van der Waals surface area contributed by atoms with Gasteiger partial charge in [0, 0.05) is 17.2 Å². The summed E-state index contributed by atoms with van der Waals surface area (Å²) in [6.07, 6.45) is 3.96. The van der Waals surface area contributed by atoms with Crippen molar-refractivity contribution in [2.24, 2.45) is 17.8 Å². The molecule has 0 amide bonds. The molecule has 3 atom stereocenters. The summed E-state index contributed by atoms with van der Waals surface area (Å²) in [6, 6.07) is 7.24. The molecule has 6 heteroatoms. The summed E-state index contributed by atoms with van der Waals surface area (Å²) in [5.74, 6) is -0.735. The second kappa shape index (κ2) is 7.78. The van der Waals surface area contributed by atoms with E-state index in [1.165, 1.54) is 0 Å². The number of hydrogen-bond donors (Lipinski definition) is 0. The topological polar surface area (TPSA) is 82.8 Å². The lowest BCUT2D eigenvalue weighted by atomic mass is 9.67. The van der Waals surface area contributed by atoms with Gasteiger partial charge in [0.15, 0.2) is 0 Å². The molecule has 28 heavy (non-hydrogen) atoms. The zero-order valence-electron chi connectivity index (χ0n) is 15.9. The average Bonchev–Trinajstić information content (AvgIpc) is 3.05. The largest absolute Gasteiger partial charge is 0.460 e. The van der Waals surface area contributed by atoms with Crippen LogP contribution in [0.25, 0.3) is 11.0 Å². The van der Waals surface area contributed by atoms with Gasteiger partial charge in [0.1, 0.15) is 18.0 Å². The first kappa shape index (κ1) is 18.7. The van der Waals surface area contributed by atoms with E-state index >= 15 is 0 Å². The number of carbonyl (C=O) groups excluding carboxylic acids is 3. The highest BCUT2D eigenvalue weighted by atomic mass is 16.5. The van der Waals surface area contributed by atoms with E-state index in [1.54, 1.807) is 13.0 Å². The van der Waals surface area contributed by atoms with Crippen LogP contribution in [0, 0.1) is 17.8 Å². The van der Waals surface area contributed by atoms with Crippen molar-refractivity contribution >= 4 is 28.7 Å². The molecule has 2 aromatic rings. The molecule has 0 N–H and O–H groups in total. The quantitative estimate of drug-likeness (QED) is 0.723. The Balaban J connectivity index is 1.50. The molecule has 0 spiro atoms. The molecule has 2 aliphatic rings. The van der Waals surface area contributed by atoms with Crippen LogP contribution in [0.2, 0.25) is 0 Å². The van der Waals surface area contributed by atoms with Gasteiger partial charge >= 0.3 is 11.9 Å². The smallest absolute Gasteiger partial charge is 0.374 e.